The summed E-state index contributed by atoms with van der Waals surface area (Å²) in [4.78, 5) is 0. The van der Waals surface area contributed by atoms with E-state index in [0.29, 0.717) is 19.3 Å². The van der Waals surface area contributed by atoms with E-state index in [1.807, 2.05) is 0 Å². The molecule has 0 aromatic rings. The number of aliphatic hydroxyl groups is 1. The van der Waals surface area contributed by atoms with Gasteiger partial charge in [0.15, 0.2) is 5.60 Å². The van der Waals surface area contributed by atoms with Crippen LogP contribution in [0.3, 0.4) is 0 Å². The van der Waals surface area contributed by atoms with Crippen LogP contribution < -0.4 is 5.73 Å². The fourth-order valence-electron chi connectivity index (χ4n) is 2.73. The van der Waals surface area contributed by atoms with Gasteiger partial charge in [-0.25, -0.2) is 0 Å². The first-order valence-corrected chi connectivity index (χ1v) is 5.85. The van der Waals surface area contributed by atoms with Crippen LogP contribution in [0, 0.1) is 5.92 Å². The predicted octanol–water partition coefficient (Wildman–Crippen LogP) is 2.35. The Labute approximate surface area is 93.0 Å². The Kier molecular flexibility index (Phi) is 2.74. The minimum atomic E-state index is -4.52. The van der Waals surface area contributed by atoms with E-state index >= 15 is 0 Å². The number of rotatable bonds is 2. The maximum absolute atomic E-state index is 12.9. The van der Waals surface area contributed by atoms with Gasteiger partial charge < -0.3 is 10.8 Å². The topological polar surface area (TPSA) is 46.2 Å². The molecule has 5 heteroatoms. The Morgan fingerprint density at radius 3 is 2.31 bits per heavy atom. The Balaban J connectivity index is 2.13. The number of nitrogens with two attached hydrogens (primary N) is 1. The van der Waals surface area contributed by atoms with Crippen molar-refractivity contribution in [2.24, 2.45) is 11.7 Å². The van der Waals surface area contributed by atoms with Crippen LogP contribution in [-0.4, -0.2) is 22.4 Å². The Morgan fingerprint density at radius 1 is 1.19 bits per heavy atom. The second-order valence-electron chi connectivity index (χ2n) is 5.43. The molecule has 0 heterocycles. The van der Waals surface area contributed by atoms with Gasteiger partial charge in [0.2, 0.25) is 0 Å². The zero-order valence-electron chi connectivity index (χ0n) is 9.19. The normalized spacial score (nSPS) is 38.4. The lowest BCUT2D eigenvalue weighted by Gasteiger charge is -2.42. The molecule has 0 aromatic carbocycles. The van der Waals surface area contributed by atoms with Crippen LogP contribution in [0.5, 0.6) is 0 Å². The molecule has 3 N–H and O–H groups in total. The first-order valence-electron chi connectivity index (χ1n) is 5.85. The van der Waals surface area contributed by atoms with Crippen LogP contribution in [0.1, 0.15) is 44.9 Å². The summed E-state index contributed by atoms with van der Waals surface area (Å²) in [6, 6.07) is 0. The van der Waals surface area contributed by atoms with Gasteiger partial charge in [0, 0.05) is 5.54 Å². The summed E-state index contributed by atoms with van der Waals surface area (Å²) in [6.45, 7) is 0. The quantitative estimate of drug-likeness (QED) is 0.774. The summed E-state index contributed by atoms with van der Waals surface area (Å²) in [5, 5.41) is 9.88. The lowest BCUT2D eigenvalue weighted by atomic mass is 9.71. The van der Waals surface area contributed by atoms with E-state index in [0.717, 1.165) is 19.3 Å². The van der Waals surface area contributed by atoms with E-state index in [4.69, 9.17) is 5.73 Å². The smallest absolute Gasteiger partial charge is 0.380 e. The maximum atomic E-state index is 12.9. The molecule has 2 unspecified atom stereocenters. The summed E-state index contributed by atoms with van der Waals surface area (Å²) in [6.07, 6.45) is -1.16. The molecule has 94 valence electrons. The van der Waals surface area contributed by atoms with E-state index in [9.17, 15) is 18.3 Å². The lowest BCUT2D eigenvalue weighted by molar-refractivity contribution is -0.289. The summed E-state index contributed by atoms with van der Waals surface area (Å²) in [7, 11) is 0. The molecule has 0 saturated heterocycles. The molecule has 2 nitrogen and oxygen atoms in total. The van der Waals surface area contributed by atoms with Crippen molar-refractivity contribution in [3.05, 3.63) is 0 Å². The molecule has 2 fully saturated rings. The first-order chi connectivity index (χ1) is 7.27. The van der Waals surface area contributed by atoms with Gasteiger partial charge in [-0.3, -0.25) is 0 Å². The minimum Gasteiger partial charge on any atom is -0.380 e. The van der Waals surface area contributed by atoms with Crippen LogP contribution >= 0.6 is 0 Å². The Morgan fingerprint density at radius 2 is 1.81 bits per heavy atom. The highest BCUT2D eigenvalue weighted by Gasteiger charge is 2.60. The van der Waals surface area contributed by atoms with Gasteiger partial charge in [0.05, 0.1) is 0 Å². The number of hydrogen-bond acceptors (Lipinski definition) is 2. The van der Waals surface area contributed by atoms with E-state index in [1.165, 1.54) is 0 Å². The molecule has 2 aliphatic rings. The van der Waals surface area contributed by atoms with Gasteiger partial charge in [-0.05, 0) is 38.0 Å². The predicted molar refractivity (Wildman–Crippen MR) is 53.7 cm³/mol. The van der Waals surface area contributed by atoms with Crippen molar-refractivity contribution in [1.29, 1.82) is 0 Å². The van der Waals surface area contributed by atoms with Crippen molar-refractivity contribution >= 4 is 0 Å². The summed E-state index contributed by atoms with van der Waals surface area (Å²) in [5.74, 6) is -0.714. The zero-order chi connectivity index (χ0) is 12.0. The third-order valence-corrected chi connectivity index (χ3v) is 4.07. The number of hydrogen-bond donors (Lipinski definition) is 2. The van der Waals surface area contributed by atoms with Crippen LogP contribution in [0.2, 0.25) is 0 Å². The number of halogens is 3. The van der Waals surface area contributed by atoms with Gasteiger partial charge >= 0.3 is 6.18 Å². The Hall–Kier alpha value is -0.290. The molecule has 2 aliphatic carbocycles. The second kappa shape index (κ2) is 3.60. The van der Waals surface area contributed by atoms with Crippen molar-refractivity contribution in [2.45, 2.75) is 62.3 Å². The monoisotopic (exact) mass is 237 g/mol. The molecule has 2 saturated carbocycles. The summed E-state index contributed by atoms with van der Waals surface area (Å²) in [5.41, 5.74) is 2.93. The van der Waals surface area contributed by atoms with E-state index < -0.39 is 23.2 Å². The van der Waals surface area contributed by atoms with Crippen molar-refractivity contribution in [2.75, 3.05) is 0 Å². The molecular weight excluding hydrogens is 219 g/mol. The average Bonchev–Trinajstić information content (AvgIpc) is 2.86. The fraction of sp³-hybridized carbons (Fsp3) is 1.00. The Bertz CT molecular complexity index is 275. The van der Waals surface area contributed by atoms with Crippen LogP contribution in [0.15, 0.2) is 0 Å². The largest absolute Gasteiger partial charge is 0.417 e. The van der Waals surface area contributed by atoms with Crippen molar-refractivity contribution in [3.63, 3.8) is 0 Å². The third kappa shape index (κ3) is 2.07. The van der Waals surface area contributed by atoms with Gasteiger partial charge in [0.1, 0.15) is 0 Å². The molecule has 0 bridgehead atoms. The molecule has 16 heavy (non-hydrogen) atoms. The van der Waals surface area contributed by atoms with E-state index in [1.54, 1.807) is 0 Å². The molecule has 0 spiro atoms. The average molecular weight is 237 g/mol. The molecule has 2 atom stereocenters. The van der Waals surface area contributed by atoms with Gasteiger partial charge in [-0.1, -0.05) is 12.8 Å². The number of alkyl halides is 3. The van der Waals surface area contributed by atoms with Gasteiger partial charge in [-0.2, -0.15) is 13.2 Å². The van der Waals surface area contributed by atoms with E-state index in [-0.39, 0.29) is 6.42 Å². The van der Waals surface area contributed by atoms with Crippen LogP contribution in [0.4, 0.5) is 13.2 Å². The molecule has 0 aromatic heterocycles. The maximum Gasteiger partial charge on any atom is 0.417 e. The summed E-state index contributed by atoms with van der Waals surface area (Å²) >= 11 is 0. The van der Waals surface area contributed by atoms with Crippen molar-refractivity contribution in [3.8, 4) is 0 Å². The van der Waals surface area contributed by atoms with Crippen molar-refractivity contribution in [1.82, 2.24) is 0 Å². The highest BCUT2D eigenvalue weighted by atomic mass is 19.4. The molecule has 0 amide bonds. The standard InChI is InChI=1S/C11H18F3NO/c12-11(13,14)10(16)4-2-1-3-8(10)7-9(15)5-6-9/h8,16H,1-7,15H2. The highest BCUT2D eigenvalue weighted by molar-refractivity contribution is 5.05. The molecule has 0 radical (unpaired) electrons. The van der Waals surface area contributed by atoms with Gasteiger partial charge in [-0.15, -0.1) is 0 Å². The summed E-state index contributed by atoms with van der Waals surface area (Å²) < 4.78 is 38.6. The lowest BCUT2D eigenvalue weighted by Crippen LogP contribution is -2.54. The highest BCUT2D eigenvalue weighted by Crippen LogP contribution is 2.50. The van der Waals surface area contributed by atoms with E-state index in [2.05, 4.69) is 0 Å². The molecule has 0 aliphatic heterocycles. The molecule has 2 rings (SSSR count). The second-order valence-corrected chi connectivity index (χ2v) is 5.43. The fourth-order valence-corrected chi connectivity index (χ4v) is 2.73. The zero-order valence-corrected chi connectivity index (χ0v) is 9.19. The van der Waals surface area contributed by atoms with Gasteiger partial charge in [0.25, 0.3) is 0 Å². The van der Waals surface area contributed by atoms with Crippen molar-refractivity contribution < 1.29 is 18.3 Å². The van der Waals surface area contributed by atoms with Crippen LogP contribution in [0.25, 0.3) is 0 Å². The molecular formula is C11H18F3NO. The minimum absolute atomic E-state index is 0.169. The first kappa shape index (κ1) is 12.2. The van der Waals surface area contributed by atoms with Crippen LogP contribution in [-0.2, 0) is 0 Å². The third-order valence-electron chi connectivity index (χ3n) is 4.07. The SMILES string of the molecule is NC1(CC2CCCCC2(O)C(F)(F)F)CC1.